The van der Waals surface area contributed by atoms with E-state index in [1.807, 2.05) is 36.4 Å². The van der Waals surface area contributed by atoms with Crippen molar-refractivity contribution in [2.75, 3.05) is 0 Å². The van der Waals surface area contributed by atoms with Crippen molar-refractivity contribution in [1.82, 2.24) is 4.57 Å². The Morgan fingerprint density at radius 1 is 0.310 bits per heavy atom. The number of nitrogens with zero attached hydrogens (tertiary/aromatic N) is 1. The van der Waals surface area contributed by atoms with E-state index in [-0.39, 0.29) is 36.0 Å². The second-order valence-corrected chi connectivity index (χ2v) is 26.5. The van der Waals surface area contributed by atoms with Crippen molar-refractivity contribution in [3.05, 3.63) is 318 Å². The Kier molecular flexibility index (Phi) is 8.59. The van der Waals surface area contributed by atoms with E-state index in [0.717, 1.165) is 37.8 Å². The van der Waals surface area contributed by atoms with Gasteiger partial charge >= 0.3 is 0 Å². The lowest BCUT2D eigenvalue weighted by atomic mass is 9.60. The van der Waals surface area contributed by atoms with Crippen LogP contribution in [0.1, 0.15) is 52.1 Å². The molecule has 0 amide bonds. The molecule has 0 N–H and O–H groups in total. The number of rotatable bonds is 9. The molecule has 1 aromatic heterocycles. The molecular formula is C68H49NSi2. The van der Waals surface area contributed by atoms with Gasteiger partial charge in [0.05, 0.1) is 23.6 Å². The Morgan fingerprint density at radius 2 is 0.761 bits per heavy atom. The van der Waals surface area contributed by atoms with Crippen LogP contribution in [0.2, 0.25) is 0 Å². The Morgan fingerprint density at radius 3 is 1.34 bits per heavy atom. The second kappa shape index (κ2) is 16.7. The monoisotopic (exact) mass is 940 g/mol. The molecule has 0 saturated heterocycles. The molecule has 3 heteroatoms. The minimum absolute atomic E-state index is 0.127. The molecule has 1 nitrogen and oxygen atoms in total. The summed E-state index contributed by atoms with van der Waals surface area (Å²) < 4.78 is 49.4. The van der Waals surface area contributed by atoms with E-state index >= 15 is 0 Å². The van der Waals surface area contributed by atoms with Crippen LogP contribution in [0, 0.1) is 0 Å². The molecule has 11 aromatic carbocycles. The van der Waals surface area contributed by atoms with Crippen LogP contribution in [0.4, 0.5) is 0 Å². The molecule has 0 saturated carbocycles. The van der Waals surface area contributed by atoms with Crippen molar-refractivity contribution in [1.29, 1.82) is 0 Å². The number of para-hydroxylation sites is 1. The maximum Gasteiger partial charge on any atom is 0.179 e. The first-order chi connectivity index (χ1) is 37.3. The van der Waals surface area contributed by atoms with Gasteiger partial charge in [0.25, 0.3) is 0 Å². The van der Waals surface area contributed by atoms with E-state index in [4.69, 9.17) is 1.37 Å². The summed E-state index contributed by atoms with van der Waals surface area (Å²) in [7, 11) is -6.70. The largest absolute Gasteiger partial charge is 0.309 e. The first-order valence-electron chi connectivity index (χ1n) is 27.1. The predicted octanol–water partition coefficient (Wildman–Crippen LogP) is 10.5. The molecule has 12 aromatic rings. The van der Waals surface area contributed by atoms with Gasteiger partial charge in [0.15, 0.2) is 16.1 Å². The fraction of sp³-hybridized carbons (Fsp3) is 0.0294. The van der Waals surface area contributed by atoms with E-state index in [1.165, 1.54) is 59.3 Å². The third-order valence-corrected chi connectivity index (χ3v) is 25.2. The highest BCUT2D eigenvalue weighted by molar-refractivity contribution is 7.20. The zero-order chi connectivity index (χ0) is 51.3. The van der Waals surface area contributed by atoms with Crippen LogP contribution < -0.4 is 41.5 Å². The Labute approximate surface area is 424 Å². The van der Waals surface area contributed by atoms with Crippen molar-refractivity contribution < 1.29 is 6.85 Å². The molecule has 334 valence electrons. The minimum Gasteiger partial charge on any atom is -0.309 e. The fourth-order valence-electron chi connectivity index (χ4n) is 13.1. The smallest absolute Gasteiger partial charge is 0.179 e. The molecule has 3 aliphatic rings. The minimum atomic E-state index is -3.81. The van der Waals surface area contributed by atoms with Crippen molar-refractivity contribution in [3.63, 3.8) is 0 Å². The third kappa shape index (κ3) is 6.04. The lowest BCUT2D eigenvalue weighted by Gasteiger charge is -2.46. The van der Waals surface area contributed by atoms with Crippen molar-refractivity contribution in [2.45, 2.75) is 11.8 Å². The van der Waals surface area contributed by atoms with Crippen LogP contribution in [0.3, 0.4) is 0 Å². The number of benzene rings is 11. The molecule has 2 unspecified atom stereocenters. The molecule has 2 bridgehead atoms. The highest BCUT2D eigenvalue weighted by atomic mass is 28.3. The zero-order valence-corrected chi connectivity index (χ0v) is 40.9. The van der Waals surface area contributed by atoms with Crippen molar-refractivity contribution in [2.24, 2.45) is 0 Å². The van der Waals surface area contributed by atoms with Gasteiger partial charge in [0, 0.05) is 22.6 Å². The molecule has 0 fully saturated rings. The molecule has 2 atom stereocenters. The summed E-state index contributed by atoms with van der Waals surface area (Å²) in [6, 6.07) is 91.1. The van der Waals surface area contributed by atoms with Gasteiger partial charge in [0.1, 0.15) is 0 Å². The number of aromatic nitrogens is 1. The van der Waals surface area contributed by atoms with Gasteiger partial charge in [-0.25, -0.2) is 0 Å². The molecule has 1 heterocycles. The van der Waals surface area contributed by atoms with Gasteiger partial charge in [-0.3, -0.25) is 0 Å². The highest BCUT2D eigenvalue weighted by Gasteiger charge is 2.50. The lowest BCUT2D eigenvalue weighted by Crippen LogP contribution is -2.75. The molecule has 3 aliphatic carbocycles. The fourth-order valence-corrected chi connectivity index (χ4v) is 22.6. The maximum absolute atomic E-state index is 9.86. The van der Waals surface area contributed by atoms with Crippen molar-refractivity contribution >= 4 is 79.4 Å². The van der Waals surface area contributed by atoms with Crippen LogP contribution in [0.5, 0.6) is 0 Å². The number of fused-ring (bicyclic) bond motifs is 3. The van der Waals surface area contributed by atoms with Gasteiger partial charge in [0.2, 0.25) is 0 Å². The summed E-state index contributed by atoms with van der Waals surface area (Å²) in [5.74, 6) is -0.397. The van der Waals surface area contributed by atoms with Crippen LogP contribution in [-0.4, -0.2) is 20.7 Å². The summed E-state index contributed by atoms with van der Waals surface area (Å²) in [6.45, 7) is 0. The summed E-state index contributed by atoms with van der Waals surface area (Å²) in [5.41, 5.74) is 10.7. The third-order valence-electron chi connectivity index (χ3n) is 15.7. The average Bonchev–Trinajstić information content (AvgIpc) is 3.98. The van der Waals surface area contributed by atoms with Crippen LogP contribution >= 0.6 is 0 Å². The Bertz CT molecular complexity index is 4080. The molecule has 71 heavy (non-hydrogen) atoms. The van der Waals surface area contributed by atoms with Crippen LogP contribution in [-0.2, 0) is 0 Å². The number of hydrogen-bond donors (Lipinski definition) is 0. The van der Waals surface area contributed by atoms with E-state index in [0.29, 0.717) is 5.19 Å². The van der Waals surface area contributed by atoms with E-state index in [2.05, 4.69) is 223 Å². The molecule has 0 aliphatic heterocycles. The molecule has 15 rings (SSSR count). The normalized spacial score (nSPS) is 15.7. The lowest BCUT2D eigenvalue weighted by molar-refractivity contribution is 0.752. The highest BCUT2D eigenvalue weighted by Crippen LogP contribution is 2.57. The van der Waals surface area contributed by atoms with Crippen molar-refractivity contribution in [3.8, 4) is 5.69 Å². The average molecular weight is 941 g/mol. The second-order valence-electron chi connectivity index (χ2n) is 19.0. The van der Waals surface area contributed by atoms with Gasteiger partial charge in [-0.1, -0.05) is 267 Å². The van der Waals surface area contributed by atoms with Crippen LogP contribution in [0.15, 0.2) is 285 Å². The van der Waals surface area contributed by atoms with Crippen LogP contribution in [0.25, 0.3) is 27.5 Å². The topological polar surface area (TPSA) is 4.93 Å². The van der Waals surface area contributed by atoms with E-state index < -0.39 is 22.2 Å². The van der Waals surface area contributed by atoms with E-state index in [9.17, 15) is 5.48 Å². The SMILES string of the molecule is [2H]c1c([2H])c([2H])c([Si](c2ccccc2)(c2ccccc2)c2cccc3c2C2c4ccccc4C3c3cccc(-n4c5ccccc5c5cc([Si](c6ccccc6)(c6ccccc6)c6ccccc6)ccc54)c32)c([2H])c1[2H]. The summed E-state index contributed by atoms with van der Waals surface area (Å²) in [5, 5.41) is 11.0. The molecule has 0 radical (unpaired) electrons. The Balaban J connectivity index is 1.07. The summed E-state index contributed by atoms with van der Waals surface area (Å²) in [4.78, 5) is 0. The summed E-state index contributed by atoms with van der Waals surface area (Å²) >= 11 is 0. The number of hydrogen-bond acceptors (Lipinski definition) is 0. The van der Waals surface area contributed by atoms with E-state index in [1.54, 1.807) is 0 Å². The maximum atomic E-state index is 9.86. The Hall–Kier alpha value is -8.35. The zero-order valence-electron chi connectivity index (χ0n) is 43.9. The predicted molar refractivity (Wildman–Crippen MR) is 303 cm³/mol. The van der Waals surface area contributed by atoms with Gasteiger partial charge in [-0.15, -0.1) is 0 Å². The van der Waals surface area contributed by atoms with Gasteiger partial charge in [-0.2, -0.15) is 0 Å². The standard InChI is InChI=1S/C68H49NSi2/c1-7-25-48(26-8-1)70(49-27-9-2-10-28-49,50-29-11-3-12-30-50)54-45-46-62-60(47-54)55-37-21-22-42-61(55)69(62)63-43-23-40-58-65-56-38-19-20-39-57(56)68(66(58)63)67-59(65)41-24-44-64(67)71(51-31-13-4-14-32-51,52-33-15-5-16-34-52)53-35-17-6-18-36-53/h1-47,65,68H/i4D,13D,14D,31D,32D. The van der Waals surface area contributed by atoms with Gasteiger partial charge in [-0.05, 0) is 93.1 Å². The summed E-state index contributed by atoms with van der Waals surface area (Å²) in [6.07, 6.45) is 0. The first-order valence-corrected chi connectivity index (χ1v) is 28.6. The first kappa shape index (κ1) is 36.6. The molecular weight excluding hydrogens is 887 g/mol. The quantitative estimate of drug-likeness (QED) is 0.100. The molecule has 0 spiro atoms. The van der Waals surface area contributed by atoms with Gasteiger partial charge < -0.3 is 4.57 Å².